The van der Waals surface area contributed by atoms with E-state index < -0.39 is 5.92 Å². The zero-order chi connectivity index (χ0) is 27.7. The van der Waals surface area contributed by atoms with Gasteiger partial charge in [-0.05, 0) is 104 Å². The van der Waals surface area contributed by atoms with Crippen LogP contribution in [-0.2, 0) is 14.4 Å². The van der Waals surface area contributed by atoms with Crippen LogP contribution >= 0.6 is 22.6 Å². The maximum Gasteiger partial charge on any atom is 0.262 e. The first-order chi connectivity index (χ1) is 18.8. The van der Waals surface area contributed by atoms with Crippen molar-refractivity contribution in [1.29, 1.82) is 0 Å². The number of anilines is 1. The second kappa shape index (κ2) is 11.5. The molecular formula is C31H33IN2O5. The van der Waals surface area contributed by atoms with Crippen LogP contribution in [0, 0.1) is 17.4 Å². The summed E-state index contributed by atoms with van der Waals surface area (Å²) in [7, 11) is 0. The number of halogens is 1. The number of Topliss-reactive ketones (excluding diaryl/α,β-unsaturated/α-hetero) is 2. The number of dihydropyridines is 1. The minimum Gasteiger partial charge on any atom is -0.490 e. The summed E-state index contributed by atoms with van der Waals surface area (Å²) in [6, 6.07) is 9.73. The second-order valence-corrected chi connectivity index (χ2v) is 11.5. The Morgan fingerprint density at radius 2 is 1.64 bits per heavy atom. The van der Waals surface area contributed by atoms with E-state index in [4.69, 9.17) is 9.47 Å². The number of allylic oxidation sites excluding steroid dienone is 4. The number of ether oxygens (including phenoxy) is 2. The van der Waals surface area contributed by atoms with Gasteiger partial charge in [-0.1, -0.05) is 12.1 Å². The summed E-state index contributed by atoms with van der Waals surface area (Å²) in [4.78, 5) is 39.1. The summed E-state index contributed by atoms with van der Waals surface area (Å²) >= 11 is 2.18. The van der Waals surface area contributed by atoms with E-state index in [0.717, 1.165) is 63.0 Å². The van der Waals surface area contributed by atoms with Crippen LogP contribution in [0.2, 0.25) is 0 Å². The van der Waals surface area contributed by atoms with Gasteiger partial charge in [0.05, 0.1) is 10.2 Å². The molecule has 204 valence electrons. The Hall–Kier alpha value is -3.14. The van der Waals surface area contributed by atoms with Crippen molar-refractivity contribution in [3.05, 3.63) is 73.1 Å². The van der Waals surface area contributed by atoms with Crippen LogP contribution in [0.5, 0.6) is 11.5 Å². The fourth-order valence-corrected chi connectivity index (χ4v) is 6.45. The highest BCUT2D eigenvalue weighted by Gasteiger charge is 2.40. The zero-order valence-electron chi connectivity index (χ0n) is 22.5. The molecule has 0 fully saturated rings. The summed E-state index contributed by atoms with van der Waals surface area (Å²) in [5, 5.41) is 6.38. The van der Waals surface area contributed by atoms with Gasteiger partial charge in [0.1, 0.15) is 0 Å². The highest BCUT2D eigenvalue weighted by molar-refractivity contribution is 14.1. The number of carbonyl (C=O) groups excluding carboxylic acids is 3. The van der Waals surface area contributed by atoms with Gasteiger partial charge in [-0.15, -0.1) is 0 Å². The number of amides is 1. The third-order valence-electron chi connectivity index (χ3n) is 7.47. The lowest BCUT2D eigenvalue weighted by atomic mass is 9.71. The van der Waals surface area contributed by atoms with Crippen molar-refractivity contribution in [3.63, 3.8) is 0 Å². The third kappa shape index (κ3) is 5.62. The Labute approximate surface area is 242 Å². The Bertz CT molecular complexity index is 1380. The van der Waals surface area contributed by atoms with Gasteiger partial charge < -0.3 is 20.1 Å². The molecule has 0 unspecified atom stereocenters. The van der Waals surface area contributed by atoms with Crippen molar-refractivity contribution in [2.45, 2.75) is 65.2 Å². The minimum absolute atomic E-state index is 0.0927. The molecule has 2 N–H and O–H groups in total. The maximum absolute atomic E-state index is 13.2. The number of rotatable bonds is 7. The fraction of sp³-hybridized carbons (Fsp3) is 0.387. The molecule has 5 rings (SSSR count). The fourth-order valence-electron chi connectivity index (χ4n) is 5.67. The first kappa shape index (κ1) is 27.4. The van der Waals surface area contributed by atoms with E-state index in [1.165, 1.54) is 0 Å². The standard InChI is InChI=1S/C31H33IN2O5/c1-4-38-26-15-19(14-20(32)31(26)39-16-27(37)34-23-13-17(2)11-12-18(23)3)28-29-21(7-5-9-24(29)35)33-22-8-6-10-25(36)30(22)28/h11-15,28,33H,4-10,16H2,1-3H3,(H,34,37). The van der Waals surface area contributed by atoms with Gasteiger partial charge in [-0.3, -0.25) is 14.4 Å². The van der Waals surface area contributed by atoms with E-state index in [1.807, 2.05) is 51.1 Å². The van der Waals surface area contributed by atoms with Crippen LogP contribution in [-0.4, -0.2) is 30.7 Å². The Morgan fingerprint density at radius 3 is 2.28 bits per heavy atom. The minimum atomic E-state index is -0.425. The molecule has 0 saturated carbocycles. The monoisotopic (exact) mass is 640 g/mol. The topological polar surface area (TPSA) is 93.7 Å². The molecule has 1 aliphatic heterocycles. The molecule has 1 heterocycles. The summed E-state index contributed by atoms with van der Waals surface area (Å²) in [6.07, 6.45) is 4.20. The number of hydrogen-bond acceptors (Lipinski definition) is 6. The summed E-state index contributed by atoms with van der Waals surface area (Å²) in [6.45, 7) is 6.03. The molecule has 2 aliphatic carbocycles. The average Bonchev–Trinajstić information content (AvgIpc) is 2.89. The number of carbonyl (C=O) groups is 3. The Morgan fingerprint density at radius 1 is 0.974 bits per heavy atom. The lowest BCUT2D eigenvalue weighted by Gasteiger charge is -2.37. The SMILES string of the molecule is CCOc1cc(C2C3=C(CCCC3=O)NC3=C2C(=O)CCC3)cc(I)c1OCC(=O)Nc1cc(C)ccc1C. The van der Waals surface area contributed by atoms with Gasteiger partial charge in [-0.2, -0.15) is 0 Å². The number of ketones is 2. The van der Waals surface area contributed by atoms with E-state index in [1.54, 1.807) is 0 Å². The van der Waals surface area contributed by atoms with E-state index in [-0.39, 0.29) is 24.1 Å². The quantitative estimate of drug-likeness (QED) is 0.360. The Kier molecular flexibility index (Phi) is 8.11. The lowest BCUT2D eigenvalue weighted by molar-refractivity contribution is -0.118. The second-order valence-electron chi connectivity index (χ2n) is 10.3. The molecule has 0 saturated heterocycles. The van der Waals surface area contributed by atoms with E-state index in [0.29, 0.717) is 42.1 Å². The van der Waals surface area contributed by atoms with E-state index in [9.17, 15) is 14.4 Å². The molecule has 0 aromatic heterocycles. The molecule has 0 radical (unpaired) electrons. The first-order valence-electron chi connectivity index (χ1n) is 13.5. The number of aryl methyl sites for hydroxylation is 2. The van der Waals surface area contributed by atoms with Crippen molar-refractivity contribution in [1.82, 2.24) is 5.32 Å². The number of hydrogen-bond donors (Lipinski definition) is 2. The van der Waals surface area contributed by atoms with Crippen LogP contribution < -0.4 is 20.1 Å². The highest BCUT2D eigenvalue weighted by atomic mass is 127. The van der Waals surface area contributed by atoms with Gasteiger partial charge in [0.15, 0.2) is 29.7 Å². The molecule has 7 nitrogen and oxygen atoms in total. The highest BCUT2D eigenvalue weighted by Crippen LogP contribution is 2.47. The van der Waals surface area contributed by atoms with Crippen LogP contribution in [0.25, 0.3) is 0 Å². The number of nitrogens with one attached hydrogen (secondary N) is 2. The van der Waals surface area contributed by atoms with Crippen molar-refractivity contribution >= 4 is 45.8 Å². The van der Waals surface area contributed by atoms with Crippen molar-refractivity contribution in [3.8, 4) is 11.5 Å². The molecule has 0 bridgehead atoms. The largest absolute Gasteiger partial charge is 0.490 e. The normalized spacial score (nSPS) is 17.4. The predicted octanol–water partition coefficient (Wildman–Crippen LogP) is 6.03. The predicted molar refractivity (Wildman–Crippen MR) is 158 cm³/mol. The van der Waals surface area contributed by atoms with Gasteiger partial charge in [-0.25, -0.2) is 0 Å². The molecule has 8 heteroatoms. The van der Waals surface area contributed by atoms with E-state index in [2.05, 4.69) is 33.2 Å². The molecule has 0 atom stereocenters. The van der Waals surface area contributed by atoms with Crippen LogP contribution in [0.15, 0.2) is 52.9 Å². The molecular weight excluding hydrogens is 607 g/mol. The first-order valence-corrected chi connectivity index (χ1v) is 14.6. The van der Waals surface area contributed by atoms with E-state index >= 15 is 0 Å². The van der Waals surface area contributed by atoms with Crippen LogP contribution in [0.3, 0.4) is 0 Å². The van der Waals surface area contributed by atoms with Crippen molar-refractivity contribution in [2.24, 2.45) is 0 Å². The van der Waals surface area contributed by atoms with Gasteiger partial charge >= 0.3 is 0 Å². The molecule has 2 aromatic rings. The number of benzene rings is 2. The Balaban J connectivity index is 1.47. The molecule has 2 aromatic carbocycles. The summed E-state index contributed by atoms with van der Waals surface area (Å²) in [5.74, 6) is 0.457. The maximum atomic E-state index is 13.2. The van der Waals surface area contributed by atoms with Crippen LogP contribution in [0.1, 0.15) is 68.1 Å². The molecule has 0 spiro atoms. The lowest BCUT2D eigenvalue weighted by Crippen LogP contribution is -2.36. The smallest absolute Gasteiger partial charge is 0.262 e. The zero-order valence-corrected chi connectivity index (χ0v) is 24.7. The molecule has 3 aliphatic rings. The van der Waals surface area contributed by atoms with Gasteiger partial charge in [0.2, 0.25) is 0 Å². The van der Waals surface area contributed by atoms with Gasteiger partial charge in [0, 0.05) is 47.0 Å². The van der Waals surface area contributed by atoms with Crippen molar-refractivity contribution < 1.29 is 23.9 Å². The van der Waals surface area contributed by atoms with Crippen LogP contribution in [0.4, 0.5) is 5.69 Å². The summed E-state index contributed by atoms with van der Waals surface area (Å²) in [5.41, 5.74) is 6.92. The molecule has 1 amide bonds. The summed E-state index contributed by atoms with van der Waals surface area (Å²) < 4.78 is 12.7. The molecule has 39 heavy (non-hydrogen) atoms. The third-order valence-corrected chi connectivity index (χ3v) is 8.27. The van der Waals surface area contributed by atoms with Gasteiger partial charge in [0.25, 0.3) is 5.91 Å². The van der Waals surface area contributed by atoms with Crippen molar-refractivity contribution in [2.75, 3.05) is 18.5 Å². The average molecular weight is 641 g/mol.